The van der Waals surface area contributed by atoms with E-state index in [1.165, 1.54) is 15.6 Å². The van der Waals surface area contributed by atoms with Crippen molar-refractivity contribution in [1.82, 2.24) is 34.6 Å². The van der Waals surface area contributed by atoms with E-state index < -0.39 is 5.91 Å². The van der Waals surface area contributed by atoms with Crippen LogP contribution in [0.15, 0.2) is 36.7 Å². The van der Waals surface area contributed by atoms with Crippen LogP contribution in [0.25, 0.3) is 11.0 Å². The Hall–Kier alpha value is -4.02. The maximum absolute atomic E-state index is 12.8. The van der Waals surface area contributed by atoms with Crippen LogP contribution in [0.4, 0.5) is 11.4 Å². The van der Waals surface area contributed by atoms with Gasteiger partial charge in [-0.1, -0.05) is 17.3 Å². The van der Waals surface area contributed by atoms with Gasteiger partial charge in [-0.25, -0.2) is 4.68 Å². The highest BCUT2D eigenvalue weighted by atomic mass is 16.2. The number of aryl methyl sites for hydroxylation is 2. The third-order valence-electron chi connectivity index (χ3n) is 4.62. The Kier molecular flexibility index (Phi) is 4.55. The van der Waals surface area contributed by atoms with Crippen LogP contribution >= 0.6 is 0 Å². The topological polar surface area (TPSA) is 125 Å². The number of nitrogens with one attached hydrogen (secondary N) is 2. The van der Waals surface area contributed by atoms with Gasteiger partial charge >= 0.3 is 0 Å². The van der Waals surface area contributed by atoms with Crippen LogP contribution in [0.5, 0.6) is 0 Å². The summed E-state index contributed by atoms with van der Waals surface area (Å²) >= 11 is 0. The van der Waals surface area contributed by atoms with Crippen LogP contribution in [-0.2, 0) is 25.4 Å². The van der Waals surface area contributed by atoms with E-state index in [0.717, 1.165) is 11.2 Å². The SMILES string of the molecule is Cc1c(NC(=O)c2c(NC(=O)Cn3nnc4ccccc43)cnn2C)cnn1C. The molecule has 0 spiro atoms. The quantitative estimate of drug-likeness (QED) is 0.523. The van der Waals surface area contributed by atoms with E-state index in [9.17, 15) is 9.59 Å². The maximum atomic E-state index is 12.8. The van der Waals surface area contributed by atoms with Gasteiger partial charge in [-0.05, 0) is 19.1 Å². The summed E-state index contributed by atoms with van der Waals surface area (Å²) in [5.74, 6) is -0.747. The van der Waals surface area contributed by atoms with E-state index in [-0.39, 0.29) is 18.1 Å². The van der Waals surface area contributed by atoms with Crippen molar-refractivity contribution in [2.75, 3.05) is 10.6 Å². The number of carbonyl (C=O) groups excluding carboxylic acids is 2. The van der Waals surface area contributed by atoms with Gasteiger partial charge in [0.1, 0.15) is 17.8 Å². The van der Waals surface area contributed by atoms with Crippen LogP contribution < -0.4 is 10.6 Å². The zero-order valence-corrected chi connectivity index (χ0v) is 16.1. The van der Waals surface area contributed by atoms with Crippen molar-refractivity contribution in [2.24, 2.45) is 14.1 Å². The molecule has 1 aromatic carbocycles. The molecule has 0 atom stereocenters. The number of hydrogen-bond acceptors (Lipinski definition) is 6. The van der Waals surface area contributed by atoms with Crippen LogP contribution in [0.3, 0.4) is 0 Å². The summed E-state index contributed by atoms with van der Waals surface area (Å²) in [6, 6.07) is 7.36. The second kappa shape index (κ2) is 7.19. The molecule has 4 rings (SSSR count). The number of anilines is 2. The number of benzene rings is 1. The van der Waals surface area contributed by atoms with Crippen LogP contribution in [0.1, 0.15) is 16.2 Å². The second-order valence-electron chi connectivity index (χ2n) is 6.54. The highest BCUT2D eigenvalue weighted by molar-refractivity contribution is 6.09. The van der Waals surface area contributed by atoms with Crippen molar-refractivity contribution in [3.05, 3.63) is 48.0 Å². The van der Waals surface area contributed by atoms with Gasteiger partial charge in [0.25, 0.3) is 5.91 Å². The molecule has 0 saturated carbocycles. The lowest BCUT2D eigenvalue weighted by Crippen LogP contribution is -2.23. The maximum Gasteiger partial charge on any atom is 0.276 e. The standard InChI is InChI=1S/C18H19N9O2/c1-11-13(8-19-25(11)2)22-18(29)17-14(9-20-26(17)3)21-16(28)10-27-15-7-5-4-6-12(15)23-24-27/h4-9H,10H2,1-3H3,(H,21,28)(H,22,29). The van der Waals surface area contributed by atoms with Crippen molar-refractivity contribution in [1.29, 1.82) is 0 Å². The first-order chi connectivity index (χ1) is 13.9. The Morgan fingerprint density at radius 3 is 2.48 bits per heavy atom. The molecule has 2 N–H and O–H groups in total. The summed E-state index contributed by atoms with van der Waals surface area (Å²) in [6.45, 7) is 1.80. The number of rotatable bonds is 5. The van der Waals surface area contributed by atoms with Gasteiger partial charge in [-0.2, -0.15) is 10.2 Å². The summed E-state index contributed by atoms with van der Waals surface area (Å²) in [5, 5.41) is 21.8. The predicted octanol–water partition coefficient (Wildman–Crippen LogP) is 1.10. The highest BCUT2D eigenvalue weighted by Gasteiger charge is 2.20. The first-order valence-electron chi connectivity index (χ1n) is 8.84. The Labute approximate surface area is 165 Å². The molecule has 29 heavy (non-hydrogen) atoms. The number of fused-ring (bicyclic) bond motifs is 1. The zero-order chi connectivity index (χ0) is 20.5. The second-order valence-corrected chi connectivity index (χ2v) is 6.54. The lowest BCUT2D eigenvalue weighted by Gasteiger charge is -2.09. The number of amides is 2. The van der Waals surface area contributed by atoms with E-state index in [2.05, 4.69) is 31.1 Å². The largest absolute Gasteiger partial charge is 0.321 e. The van der Waals surface area contributed by atoms with Gasteiger partial charge in [-0.3, -0.25) is 19.0 Å². The Morgan fingerprint density at radius 2 is 1.72 bits per heavy atom. The molecular weight excluding hydrogens is 374 g/mol. The smallest absolute Gasteiger partial charge is 0.276 e. The normalized spacial score (nSPS) is 11.0. The van der Waals surface area contributed by atoms with Crippen molar-refractivity contribution in [3.63, 3.8) is 0 Å². The molecule has 11 heteroatoms. The van der Waals surface area contributed by atoms with Gasteiger partial charge in [0.15, 0.2) is 0 Å². The van der Waals surface area contributed by atoms with E-state index in [0.29, 0.717) is 16.9 Å². The lowest BCUT2D eigenvalue weighted by molar-refractivity contribution is -0.116. The van der Waals surface area contributed by atoms with E-state index in [4.69, 9.17) is 0 Å². The third kappa shape index (κ3) is 3.45. The first-order valence-corrected chi connectivity index (χ1v) is 8.84. The van der Waals surface area contributed by atoms with Crippen molar-refractivity contribution in [3.8, 4) is 0 Å². The fourth-order valence-electron chi connectivity index (χ4n) is 2.96. The minimum Gasteiger partial charge on any atom is -0.321 e. The van der Waals surface area contributed by atoms with Crippen LogP contribution in [0, 0.1) is 6.92 Å². The zero-order valence-electron chi connectivity index (χ0n) is 16.1. The van der Waals surface area contributed by atoms with Gasteiger partial charge in [0.05, 0.1) is 35.0 Å². The third-order valence-corrected chi connectivity index (χ3v) is 4.62. The molecule has 4 aromatic rings. The molecule has 0 aliphatic carbocycles. The summed E-state index contributed by atoms with van der Waals surface area (Å²) in [7, 11) is 3.42. The van der Waals surface area contributed by atoms with Crippen molar-refractivity contribution in [2.45, 2.75) is 13.5 Å². The van der Waals surface area contributed by atoms with Gasteiger partial charge < -0.3 is 10.6 Å². The summed E-state index contributed by atoms with van der Waals surface area (Å²) in [4.78, 5) is 25.3. The Balaban J connectivity index is 1.51. The molecule has 3 aromatic heterocycles. The van der Waals surface area contributed by atoms with Gasteiger partial charge in [0.2, 0.25) is 5.91 Å². The Bertz CT molecular complexity index is 1220. The molecule has 148 valence electrons. The molecular formula is C18H19N9O2. The molecule has 0 saturated heterocycles. The van der Waals surface area contributed by atoms with Crippen LogP contribution in [-0.4, -0.2) is 46.4 Å². The summed E-state index contributed by atoms with van der Waals surface area (Å²) in [5.41, 5.74) is 3.38. The molecule has 0 fully saturated rings. The number of hydrogen-bond donors (Lipinski definition) is 2. The number of nitrogens with zero attached hydrogens (tertiary/aromatic N) is 7. The fraction of sp³-hybridized carbons (Fsp3) is 0.222. The van der Waals surface area contributed by atoms with Crippen molar-refractivity contribution < 1.29 is 9.59 Å². The molecule has 0 aliphatic rings. The Morgan fingerprint density at radius 1 is 1.00 bits per heavy atom. The van der Waals surface area contributed by atoms with Crippen molar-refractivity contribution >= 4 is 34.2 Å². The number of carbonyl (C=O) groups is 2. The highest BCUT2D eigenvalue weighted by Crippen LogP contribution is 2.19. The van der Waals surface area contributed by atoms with Crippen LogP contribution in [0.2, 0.25) is 0 Å². The molecule has 11 nitrogen and oxygen atoms in total. The molecule has 0 unspecified atom stereocenters. The molecule has 0 bridgehead atoms. The van der Waals surface area contributed by atoms with E-state index in [1.807, 2.05) is 31.2 Å². The predicted molar refractivity (Wildman–Crippen MR) is 105 cm³/mol. The average molecular weight is 393 g/mol. The number of aromatic nitrogens is 7. The molecule has 0 aliphatic heterocycles. The van der Waals surface area contributed by atoms with Gasteiger partial charge in [0, 0.05) is 14.1 Å². The molecule has 2 amide bonds. The fourth-order valence-corrected chi connectivity index (χ4v) is 2.96. The molecule has 0 radical (unpaired) electrons. The molecule has 3 heterocycles. The number of para-hydroxylation sites is 1. The first kappa shape index (κ1) is 18.3. The monoisotopic (exact) mass is 393 g/mol. The summed E-state index contributed by atoms with van der Waals surface area (Å²) in [6.07, 6.45) is 3.00. The minimum atomic E-state index is -0.400. The van der Waals surface area contributed by atoms with Gasteiger partial charge in [-0.15, -0.1) is 5.10 Å². The minimum absolute atomic E-state index is 0.0435. The average Bonchev–Trinajstić information content (AvgIpc) is 3.36. The van der Waals surface area contributed by atoms with E-state index in [1.54, 1.807) is 25.0 Å². The summed E-state index contributed by atoms with van der Waals surface area (Å²) < 4.78 is 4.56. The lowest BCUT2D eigenvalue weighted by atomic mass is 10.3. The van der Waals surface area contributed by atoms with E-state index >= 15 is 0 Å².